The van der Waals surface area contributed by atoms with E-state index >= 15 is 0 Å². The molecular formula is C52H48N6O. The summed E-state index contributed by atoms with van der Waals surface area (Å²) in [5.41, 5.74) is 15.6. The lowest BCUT2D eigenvalue weighted by Crippen LogP contribution is -2.03. The second kappa shape index (κ2) is 14.0. The van der Waals surface area contributed by atoms with Gasteiger partial charge < -0.3 is 4.74 Å². The molecule has 7 nitrogen and oxygen atoms in total. The van der Waals surface area contributed by atoms with E-state index < -0.39 is 0 Å². The molecule has 0 amide bonds. The van der Waals surface area contributed by atoms with Crippen molar-refractivity contribution in [1.29, 1.82) is 0 Å². The van der Waals surface area contributed by atoms with E-state index in [0.717, 1.165) is 66.3 Å². The zero-order valence-electron chi connectivity index (χ0n) is 34.9. The Morgan fingerprint density at radius 1 is 0.407 bits per heavy atom. The van der Waals surface area contributed by atoms with Gasteiger partial charge in [0.15, 0.2) is 0 Å². The fourth-order valence-corrected chi connectivity index (χ4v) is 9.26. The summed E-state index contributed by atoms with van der Waals surface area (Å²) < 4.78 is 11.3. The van der Waals surface area contributed by atoms with Gasteiger partial charge in [-0.25, -0.2) is 9.97 Å². The molecule has 0 saturated heterocycles. The lowest BCUT2D eigenvalue weighted by Gasteiger charge is -2.20. The van der Waals surface area contributed by atoms with E-state index in [2.05, 4.69) is 161 Å². The lowest BCUT2D eigenvalue weighted by molar-refractivity contribution is 0.480. The third kappa shape index (κ3) is 5.77. The highest BCUT2D eigenvalue weighted by Crippen LogP contribution is 2.42. The highest BCUT2D eigenvalue weighted by atomic mass is 16.5. The van der Waals surface area contributed by atoms with Gasteiger partial charge in [-0.15, -0.1) is 0 Å². The third-order valence-corrected chi connectivity index (χ3v) is 12.0. The Morgan fingerprint density at radius 3 is 1.15 bits per heavy atom. The zero-order chi connectivity index (χ0) is 40.7. The van der Waals surface area contributed by atoms with Crippen LogP contribution in [0.3, 0.4) is 0 Å². The summed E-state index contributed by atoms with van der Waals surface area (Å²) in [6.45, 7) is 18.1. The molecule has 0 saturated carbocycles. The van der Waals surface area contributed by atoms with Crippen molar-refractivity contribution in [1.82, 2.24) is 28.7 Å². The van der Waals surface area contributed by atoms with Crippen LogP contribution in [0.25, 0.3) is 77.4 Å². The average molecular weight is 773 g/mol. The second-order valence-corrected chi connectivity index (χ2v) is 17.1. The number of fused-ring (bicyclic) bond motifs is 12. The first-order valence-electron chi connectivity index (χ1n) is 20.9. The van der Waals surface area contributed by atoms with Gasteiger partial charge in [0.05, 0.1) is 58.2 Å². The van der Waals surface area contributed by atoms with Gasteiger partial charge in [-0.2, -0.15) is 0 Å². The van der Waals surface area contributed by atoms with Crippen LogP contribution in [0.1, 0.15) is 101 Å². The van der Waals surface area contributed by atoms with Gasteiger partial charge in [-0.05, 0) is 70.2 Å². The van der Waals surface area contributed by atoms with Crippen LogP contribution in [-0.4, -0.2) is 28.7 Å². The summed E-state index contributed by atoms with van der Waals surface area (Å²) in [6, 6.07) is 34.5. The van der Waals surface area contributed by atoms with E-state index in [9.17, 15) is 0 Å². The van der Waals surface area contributed by atoms with E-state index in [1.165, 1.54) is 33.4 Å². The molecule has 10 aromatic rings. The van der Waals surface area contributed by atoms with Crippen LogP contribution in [-0.2, 0) is 0 Å². The van der Waals surface area contributed by atoms with Crippen LogP contribution >= 0.6 is 0 Å². The maximum absolute atomic E-state index is 6.70. The first kappa shape index (κ1) is 36.7. The third-order valence-electron chi connectivity index (χ3n) is 12.0. The molecule has 0 aliphatic rings. The maximum atomic E-state index is 6.70. The predicted octanol–water partition coefficient (Wildman–Crippen LogP) is 14.0. The van der Waals surface area contributed by atoms with Crippen molar-refractivity contribution < 1.29 is 4.74 Å². The van der Waals surface area contributed by atoms with Crippen molar-refractivity contribution in [3.05, 3.63) is 144 Å². The van der Waals surface area contributed by atoms with Gasteiger partial charge in [-0.3, -0.25) is 18.8 Å². The van der Waals surface area contributed by atoms with Crippen LogP contribution < -0.4 is 4.74 Å². The van der Waals surface area contributed by atoms with E-state index in [1.54, 1.807) is 0 Å². The van der Waals surface area contributed by atoms with Crippen LogP contribution in [0.5, 0.6) is 11.5 Å². The van der Waals surface area contributed by atoms with Crippen LogP contribution in [0.15, 0.2) is 122 Å². The molecule has 4 aromatic carbocycles. The van der Waals surface area contributed by atoms with Crippen molar-refractivity contribution in [2.45, 2.75) is 79.1 Å². The van der Waals surface area contributed by atoms with E-state index in [-0.39, 0.29) is 0 Å². The van der Waals surface area contributed by atoms with Crippen molar-refractivity contribution in [3.8, 4) is 34.0 Å². The first-order valence-corrected chi connectivity index (χ1v) is 20.9. The standard InChI is InChI=1S/C52H48N6O/c1-29(2)35-17-13-18-36(30(3)4)47(35)45-27-55-51-41-23-33(25-53-49(41)39-15-9-11-21-43(39)57(45)51)59-34-24-42-50(54-26-34)40-16-10-12-22-44(40)58-46(28-56-52(42)58)48-37(31(5)6)19-14-20-38(48)32(7)8/h9-32H,1-8H3. The fourth-order valence-electron chi connectivity index (χ4n) is 9.26. The van der Waals surface area contributed by atoms with Crippen LogP contribution in [0.4, 0.5) is 0 Å². The van der Waals surface area contributed by atoms with Gasteiger partial charge in [0.1, 0.15) is 22.8 Å². The zero-order valence-corrected chi connectivity index (χ0v) is 34.9. The number of imidazole rings is 2. The number of aromatic nitrogens is 6. The first-order chi connectivity index (χ1) is 28.6. The average Bonchev–Trinajstić information content (AvgIpc) is 3.89. The largest absolute Gasteiger partial charge is 0.454 e. The van der Waals surface area contributed by atoms with Crippen molar-refractivity contribution in [2.24, 2.45) is 0 Å². The molecule has 6 aromatic heterocycles. The minimum Gasteiger partial charge on any atom is -0.454 e. The summed E-state index contributed by atoms with van der Waals surface area (Å²) in [5.74, 6) is 2.61. The minimum absolute atomic E-state index is 0.347. The molecule has 0 radical (unpaired) electrons. The Morgan fingerprint density at radius 2 is 0.780 bits per heavy atom. The summed E-state index contributed by atoms with van der Waals surface area (Å²) in [5, 5.41) is 3.96. The summed E-state index contributed by atoms with van der Waals surface area (Å²) in [7, 11) is 0. The van der Waals surface area contributed by atoms with Gasteiger partial charge in [0.2, 0.25) is 0 Å². The molecule has 0 fully saturated rings. The molecule has 59 heavy (non-hydrogen) atoms. The monoisotopic (exact) mass is 772 g/mol. The molecule has 10 rings (SSSR count). The highest BCUT2D eigenvalue weighted by Gasteiger charge is 2.24. The normalized spacial score (nSPS) is 12.3. The minimum atomic E-state index is 0.347. The highest BCUT2D eigenvalue weighted by molar-refractivity contribution is 6.12. The molecule has 0 aliphatic heterocycles. The second-order valence-electron chi connectivity index (χ2n) is 17.1. The van der Waals surface area contributed by atoms with E-state index in [4.69, 9.17) is 24.7 Å². The van der Waals surface area contributed by atoms with Gasteiger partial charge in [0.25, 0.3) is 0 Å². The lowest BCUT2D eigenvalue weighted by atomic mass is 9.87. The van der Waals surface area contributed by atoms with E-state index in [1.807, 2.05) is 24.8 Å². The molecule has 0 unspecified atom stereocenters. The Labute approximate surface area is 344 Å². The molecule has 0 spiro atoms. The smallest absolute Gasteiger partial charge is 0.147 e. The number of para-hydroxylation sites is 2. The predicted molar refractivity (Wildman–Crippen MR) is 243 cm³/mol. The van der Waals surface area contributed by atoms with Crippen molar-refractivity contribution in [2.75, 3.05) is 0 Å². The number of hydrogen-bond acceptors (Lipinski definition) is 5. The molecule has 0 atom stereocenters. The Balaban J connectivity index is 1.15. The number of benzene rings is 4. The molecule has 0 N–H and O–H groups in total. The summed E-state index contributed by atoms with van der Waals surface area (Å²) in [4.78, 5) is 20.4. The summed E-state index contributed by atoms with van der Waals surface area (Å²) in [6.07, 6.45) is 7.69. The van der Waals surface area contributed by atoms with Crippen LogP contribution in [0, 0.1) is 0 Å². The number of ether oxygens (including phenoxy) is 1. The number of hydrogen-bond donors (Lipinski definition) is 0. The Kier molecular flexibility index (Phi) is 8.74. The molecule has 6 heterocycles. The molecule has 0 bridgehead atoms. The molecule has 0 aliphatic carbocycles. The van der Waals surface area contributed by atoms with Crippen molar-refractivity contribution >= 4 is 54.9 Å². The SMILES string of the molecule is CC(C)c1cccc(C(C)C)c1-c1cnc2c3cc(Oc4cnc5c6ccccc6n6c(-c7c(C(C)C)cccc7C(C)C)cnc6c5c4)cnc3c3ccccc3n12. The van der Waals surface area contributed by atoms with Crippen LogP contribution in [0.2, 0.25) is 0 Å². The number of rotatable bonds is 8. The Bertz CT molecular complexity index is 3010. The maximum Gasteiger partial charge on any atom is 0.147 e. The Hall–Kier alpha value is -6.60. The van der Waals surface area contributed by atoms with Gasteiger partial charge in [0, 0.05) is 32.7 Å². The molecule has 292 valence electrons. The van der Waals surface area contributed by atoms with Gasteiger partial charge in [-0.1, -0.05) is 128 Å². The summed E-state index contributed by atoms with van der Waals surface area (Å²) >= 11 is 0. The van der Waals surface area contributed by atoms with E-state index in [0.29, 0.717) is 35.2 Å². The van der Waals surface area contributed by atoms with Crippen molar-refractivity contribution in [3.63, 3.8) is 0 Å². The molecule has 7 heteroatoms. The quantitative estimate of drug-likeness (QED) is 0.144. The number of nitrogens with zero attached hydrogens (tertiary/aromatic N) is 6. The number of pyridine rings is 4. The topological polar surface area (TPSA) is 69.6 Å². The van der Waals surface area contributed by atoms with Gasteiger partial charge >= 0.3 is 0 Å². The molecular weight excluding hydrogens is 725 g/mol. The fraction of sp³-hybridized carbons (Fsp3) is 0.231.